The fraction of sp³-hybridized carbons (Fsp3) is 0.318. The normalized spacial score (nSPS) is 18.3. The number of nitrogens with one attached hydrogen (secondary N) is 2. The van der Waals surface area contributed by atoms with Crippen LogP contribution in [0, 0.1) is 5.82 Å². The Morgan fingerprint density at radius 1 is 1.06 bits per heavy atom. The van der Waals surface area contributed by atoms with Gasteiger partial charge in [-0.25, -0.2) is 9.37 Å². The summed E-state index contributed by atoms with van der Waals surface area (Å²) in [5, 5.41) is 0. The van der Waals surface area contributed by atoms with Crippen LogP contribution in [0.25, 0.3) is 27.9 Å². The molecular weight excluding hydrogens is 414 g/mol. The standard InChI is InChI=1S/C22H19F4N3O2/c23-14-5-4-6-18(30-22(24,25)26)19(14)13-7-8-15-16(11-13)28-20(27-15)17-12-21(31-29-17)9-2-1-3-10-21/h4-8,11-12,29H,1-3,9-10H2,(H,27,28). The second-order valence-electron chi connectivity index (χ2n) is 7.87. The molecule has 1 spiro atoms. The van der Waals surface area contributed by atoms with E-state index < -0.39 is 17.9 Å². The van der Waals surface area contributed by atoms with E-state index in [1.54, 1.807) is 12.1 Å². The van der Waals surface area contributed by atoms with Gasteiger partial charge in [0.1, 0.15) is 22.9 Å². The fourth-order valence-electron chi connectivity index (χ4n) is 4.28. The molecule has 9 heteroatoms. The van der Waals surface area contributed by atoms with Crippen molar-refractivity contribution in [3.63, 3.8) is 0 Å². The summed E-state index contributed by atoms with van der Waals surface area (Å²) in [5.74, 6) is -0.858. The first kappa shape index (κ1) is 19.9. The summed E-state index contributed by atoms with van der Waals surface area (Å²) in [6.07, 6.45) is 2.37. The van der Waals surface area contributed by atoms with Crippen molar-refractivity contribution in [1.29, 1.82) is 0 Å². The summed E-state index contributed by atoms with van der Waals surface area (Å²) in [7, 11) is 0. The van der Waals surface area contributed by atoms with E-state index in [-0.39, 0.29) is 16.7 Å². The number of hydroxylamine groups is 1. The van der Waals surface area contributed by atoms with Crippen molar-refractivity contribution in [2.75, 3.05) is 0 Å². The summed E-state index contributed by atoms with van der Waals surface area (Å²) < 4.78 is 56.8. The number of imidazole rings is 1. The maximum Gasteiger partial charge on any atom is 0.573 e. The van der Waals surface area contributed by atoms with Crippen molar-refractivity contribution in [2.24, 2.45) is 0 Å². The third-order valence-electron chi connectivity index (χ3n) is 5.70. The maximum atomic E-state index is 14.5. The molecule has 0 saturated heterocycles. The molecule has 0 unspecified atom stereocenters. The van der Waals surface area contributed by atoms with Crippen molar-refractivity contribution < 1.29 is 27.1 Å². The number of hydrogen-bond donors (Lipinski definition) is 2. The smallest absolute Gasteiger partial charge is 0.405 e. The number of fused-ring (bicyclic) bond motifs is 1. The molecule has 0 amide bonds. The van der Waals surface area contributed by atoms with Crippen LogP contribution in [0.15, 0.2) is 42.5 Å². The Morgan fingerprint density at radius 3 is 2.65 bits per heavy atom. The Hall–Kier alpha value is -3.07. The van der Waals surface area contributed by atoms with Crippen LogP contribution in [-0.4, -0.2) is 21.9 Å². The second-order valence-corrected chi connectivity index (χ2v) is 7.87. The highest BCUT2D eigenvalue weighted by molar-refractivity contribution is 5.85. The first-order chi connectivity index (χ1) is 14.8. The van der Waals surface area contributed by atoms with Crippen LogP contribution < -0.4 is 10.2 Å². The lowest BCUT2D eigenvalue weighted by Crippen LogP contribution is -2.31. The van der Waals surface area contributed by atoms with Crippen LogP contribution in [0.2, 0.25) is 0 Å². The Morgan fingerprint density at radius 2 is 1.87 bits per heavy atom. The Bertz CT molecular complexity index is 1160. The highest BCUT2D eigenvalue weighted by atomic mass is 19.4. The van der Waals surface area contributed by atoms with Crippen molar-refractivity contribution in [3.8, 4) is 16.9 Å². The van der Waals surface area contributed by atoms with Gasteiger partial charge in [0.15, 0.2) is 5.82 Å². The number of halogens is 4. The molecule has 5 nitrogen and oxygen atoms in total. The van der Waals surface area contributed by atoms with Crippen molar-refractivity contribution in [1.82, 2.24) is 15.4 Å². The van der Waals surface area contributed by atoms with Gasteiger partial charge in [0.05, 0.1) is 16.6 Å². The molecule has 0 radical (unpaired) electrons. The van der Waals surface area contributed by atoms with E-state index in [4.69, 9.17) is 4.84 Å². The minimum absolute atomic E-state index is 0.244. The van der Waals surface area contributed by atoms with Gasteiger partial charge in [0.25, 0.3) is 0 Å². The molecule has 1 aromatic heterocycles. The van der Waals surface area contributed by atoms with Gasteiger partial charge < -0.3 is 9.72 Å². The highest BCUT2D eigenvalue weighted by Crippen LogP contribution is 2.39. The van der Waals surface area contributed by atoms with E-state index in [0.29, 0.717) is 22.6 Å². The zero-order valence-corrected chi connectivity index (χ0v) is 16.4. The molecule has 3 aromatic rings. The second kappa shape index (κ2) is 7.26. The predicted octanol–water partition coefficient (Wildman–Crippen LogP) is 5.85. The molecule has 0 atom stereocenters. The Balaban J connectivity index is 1.51. The van der Waals surface area contributed by atoms with Gasteiger partial charge in [-0.3, -0.25) is 10.3 Å². The molecule has 1 fully saturated rings. The summed E-state index contributed by atoms with van der Waals surface area (Å²) in [6.45, 7) is 0. The largest absolute Gasteiger partial charge is 0.573 e. The van der Waals surface area contributed by atoms with Crippen LogP contribution in [0.1, 0.15) is 37.9 Å². The molecule has 2 aromatic carbocycles. The van der Waals surface area contributed by atoms with E-state index in [9.17, 15) is 17.6 Å². The predicted molar refractivity (Wildman–Crippen MR) is 106 cm³/mol. The third kappa shape index (κ3) is 3.85. The zero-order chi connectivity index (χ0) is 21.6. The average molecular weight is 433 g/mol. The quantitative estimate of drug-likeness (QED) is 0.509. The zero-order valence-electron chi connectivity index (χ0n) is 16.4. The van der Waals surface area contributed by atoms with E-state index in [1.165, 1.54) is 18.6 Å². The first-order valence-electron chi connectivity index (χ1n) is 10.0. The lowest BCUT2D eigenvalue weighted by atomic mass is 9.84. The number of H-pyrrole nitrogens is 1. The van der Waals surface area contributed by atoms with Crippen LogP contribution in [0.4, 0.5) is 17.6 Å². The molecule has 2 N–H and O–H groups in total. The molecule has 2 heterocycles. The molecule has 2 aliphatic rings. The SMILES string of the molecule is Fc1cccc(OC(F)(F)F)c1-c1ccc2nc(C3=CC4(CCCCC4)ON3)[nH]c2c1. The lowest BCUT2D eigenvalue weighted by molar-refractivity contribution is -0.274. The van der Waals surface area contributed by atoms with Gasteiger partial charge in [0, 0.05) is 0 Å². The number of alkyl halides is 3. The van der Waals surface area contributed by atoms with E-state index in [0.717, 1.165) is 37.8 Å². The van der Waals surface area contributed by atoms with Gasteiger partial charge in [-0.15, -0.1) is 13.2 Å². The number of aromatic amines is 1. The van der Waals surface area contributed by atoms with Crippen molar-refractivity contribution >= 4 is 16.7 Å². The van der Waals surface area contributed by atoms with Crippen molar-refractivity contribution in [3.05, 3.63) is 54.1 Å². The van der Waals surface area contributed by atoms with Crippen LogP contribution in [0.5, 0.6) is 5.75 Å². The summed E-state index contributed by atoms with van der Waals surface area (Å²) in [4.78, 5) is 13.5. The van der Waals surface area contributed by atoms with Crippen LogP contribution >= 0.6 is 0 Å². The maximum absolute atomic E-state index is 14.5. The third-order valence-corrected chi connectivity index (χ3v) is 5.70. The molecule has 5 rings (SSSR count). The lowest BCUT2D eigenvalue weighted by Gasteiger charge is -2.29. The summed E-state index contributed by atoms with van der Waals surface area (Å²) in [5.41, 5.74) is 4.47. The van der Waals surface area contributed by atoms with Gasteiger partial charge in [-0.2, -0.15) is 0 Å². The molecule has 1 aliphatic carbocycles. The van der Waals surface area contributed by atoms with E-state index in [1.807, 2.05) is 6.08 Å². The number of nitrogens with zero attached hydrogens (tertiary/aromatic N) is 1. The molecule has 1 saturated carbocycles. The molecular formula is C22H19F4N3O2. The number of rotatable bonds is 3. The van der Waals surface area contributed by atoms with Gasteiger partial charge >= 0.3 is 6.36 Å². The number of ether oxygens (including phenoxy) is 1. The monoisotopic (exact) mass is 433 g/mol. The minimum Gasteiger partial charge on any atom is -0.405 e. The number of aromatic nitrogens is 2. The summed E-state index contributed by atoms with van der Waals surface area (Å²) >= 11 is 0. The summed E-state index contributed by atoms with van der Waals surface area (Å²) in [6, 6.07) is 8.05. The molecule has 162 valence electrons. The topological polar surface area (TPSA) is 59.2 Å². The Kier molecular flexibility index (Phi) is 4.65. The van der Waals surface area contributed by atoms with E-state index >= 15 is 0 Å². The van der Waals surface area contributed by atoms with Gasteiger partial charge in [-0.05, 0) is 48.7 Å². The first-order valence-corrected chi connectivity index (χ1v) is 10.0. The highest BCUT2D eigenvalue weighted by Gasteiger charge is 2.37. The van der Waals surface area contributed by atoms with E-state index in [2.05, 4.69) is 20.2 Å². The fourth-order valence-corrected chi connectivity index (χ4v) is 4.28. The molecule has 1 aliphatic heterocycles. The van der Waals surface area contributed by atoms with Crippen LogP contribution in [-0.2, 0) is 4.84 Å². The van der Waals surface area contributed by atoms with Gasteiger partial charge in [0.2, 0.25) is 0 Å². The number of hydrogen-bond acceptors (Lipinski definition) is 4. The Labute approximate surface area is 175 Å². The molecule has 31 heavy (non-hydrogen) atoms. The number of benzene rings is 2. The minimum atomic E-state index is -4.93. The van der Waals surface area contributed by atoms with Gasteiger partial charge in [-0.1, -0.05) is 31.4 Å². The van der Waals surface area contributed by atoms with Crippen LogP contribution in [0.3, 0.4) is 0 Å². The average Bonchev–Trinajstić information content (AvgIpc) is 3.31. The molecule has 0 bridgehead atoms. The van der Waals surface area contributed by atoms with Crippen molar-refractivity contribution in [2.45, 2.75) is 44.1 Å².